The molecule has 2 rings (SSSR count). The number of carbonyl (C=O) groups is 2. The van der Waals surface area contributed by atoms with Crippen LogP contribution in [0.1, 0.15) is 36.5 Å². The maximum atomic E-state index is 12.2. The monoisotopic (exact) mass is 292 g/mol. The standard InChI is InChI=1S/C15H20N2O4/c1-2-17(9-10-4-3-5-10)15(21)16-11-6-7-13(18)12(8-11)14(19)20/h6-8,10,18H,2-5,9H2,1H3,(H,16,21)(H,19,20). The van der Waals surface area contributed by atoms with Gasteiger partial charge in [0, 0.05) is 18.8 Å². The Labute approximate surface area is 123 Å². The van der Waals surface area contributed by atoms with Gasteiger partial charge in [-0.25, -0.2) is 9.59 Å². The van der Waals surface area contributed by atoms with Gasteiger partial charge in [-0.1, -0.05) is 6.42 Å². The number of benzene rings is 1. The van der Waals surface area contributed by atoms with Crippen molar-refractivity contribution >= 4 is 17.7 Å². The van der Waals surface area contributed by atoms with E-state index >= 15 is 0 Å². The number of hydrogen-bond donors (Lipinski definition) is 3. The van der Waals surface area contributed by atoms with Crippen molar-refractivity contribution in [2.45, 2.75) is 26.2 Å². The van der Waals surface area contributed by atoms with Crippen LogP contribution < -0.4 is 5.32 Å². The predicted octanol–water partition coefficient (Wildman–Crippen LogP) is 2.74. The van der Waals surface area contributed by atoms with Gasteiger partial charge in [-0.3, -0.25) is 0 Å². The Hall–Kier alpha value is -2.24. The average molecular weight is 292 g/mol. The lowest BCUT2D eigenvalue weighted by atomic mass is 9.85. The Morgan fingerprint density at radius 1 is 1.38 bits per heavy atom. The lowest BCUT2D eigenvalue weighted by molar-refractivity contribution is 0.0693. The summed E-state index contributed by atoms with van der Waals surface area (Å²) in [4.78, 5) is 24.9. The quantitative estimate of drug-likeness (QED) is 0.728. The highest BCUT2D eigenvalue weighted by molar-refractivity contribution is 5.95. The zero-order valence-corrected chi connectivity index (χ0v) is 12.0. The number of carboxylic acid groups (broad SMARTS) is 1. The SMILES string of the molecule is CCN(CC1CCC1)C(=O)Nc1ccc(O)c(C(=O)O)c1. The number of phenols is 1. The summed E-state index contributed by atoms with van der Waals surface area (Å²) >= 11 is 0. The van der Waals surface area contributed by atoms with Crippen molar-refractivity contribution in [3.8, 4) is 5.75 Å². The van der Waals surface area contributed by atoms with E-state index in [0.29, 0.717) is 18.2 Å². The molecule has 2 amide bonds. The van der Waals surface area contributed by atoms with Gasteiger partial charge in [-0.15, -0.1) is 0 Å². The molecule has 0 bridgehead atoms. The van der Waals surface area contributed by atoms with Crippen LogP contribution in [0.15, 0.2) is 18.2 Å². The topological polar surface area (TPSA) is 89.9 Å². The first-order valence-electron chi connectivity index (χ1n) is 7.13. The molecule has 1 aliphatic carbocycles. The number of carbonyl (C=O) groups excluding carboxylic acids is 1. The number of aromatic carboxylic acids is 1. The highest BCUT2D eigenvalue weighted by Crippen LogP contribution is 2.27. The summed E-state index contributed by atoms with van der Waals surface area (Å²) in [5.74, 6) is -0.974. The molecule has 3 N–H and O–H groups in total. The van der Waals surface area contributed by atoms with Crippen LogP contribution in [0.2, 0.25) is 0 Å². The largest absolute Gasteiger partial charge is 0.507 e. The number of nitrogens with one attached hydrogen (secondary N) is 1. The van der Waals surface area contributed by atoms with Crippen molar-refractivity contribution in [2.24, 2.45) is 5.92 Å². The molecule has 6 heteroatoms. The number of nitrogens with zero attached hydrogens (tertiary/aromatic N) is 1. The molecule has 0 aromatic heterocycles. The molecular formula is C15H20N2O4. The van der Waals surface area contributed by atoms with Gasteiger partial charge in [-0.2, -0.15) is 0 Å². The molecule has 114 valence electrons. The van der Waals surface area contributed by atoms with Crippen LogP contribution in [0.5, 0.6) is 5.75 Å². The van der Waals surface area contributed by atoms with Crippen molar-refractivity contribution in [3.05, 3.63) is 23.8 Å². The van der Waals surface area contributed by atoms with E-state index in [1.165, 1.54) is 24.6 Å². The zero-order valence-electron chi connectivity index (χ0n) is 12.0. The summed E-state index contributed by atoms with van der Waals surface area (Å²) in [5.41, 5.74) is 0.136. The van der Waals surface area contributed by atoms with Crippen LogP contribution in [-0.2, 0) is 0 Å². The number of aromatic hydroxyl groups is 1. The number of hydrogen-bond acceptors (Lipinski definition) is 3. The molecule has 0 saturated heterocycles. The summed E-state index contributed by atoms with van der Waals surface area (Å²) in [5, 5.41) is 21.1. The third-order valence-corrected chi connectivity index (χ3v) is 3.85. The number of carboxylic acids is 1. The number of urea groups is 1. The molecule has 0 atom stereocenters. The molecule has 0 heterocycles. The first-order chi connectivity index (χ1) is 10.0. The van der Waals surface area contributed by atoms with E-state index in [-0.39, 0.29) is 17.3 Å². The van der Waals surface area contributed by atoms with Crippen molar-refractivity contribution in [1.82, 2.24) is 4.90 Å². The summed E-state index contributed by atoms with van der Waals surface area (Å²) in [6.07, 6.45) is 3.54. The van der Waals surface area contributed by atoms with E-state index in [0.717, 1.165) is 19.4 Å². The van der Waals surface area contributed by atoms with Gasteiger partial charge in [0.1, 0.15) is 11.3 Å². The number of anilines is 1. The minimum absolute atomic E-state index is 0.227. The summed E-state index contributed by atoms with van der Waals surface area (Å²) < 4.78 is 0. The molecule has 1 aliphatic rings. The second-order valence-electron chi connectivity index (χ2n) is 5.30. The van der Waals surface area contributed by atoms with Crippen LogP contribution in [0.4, 0.5) is 10.5 Å². The van der Waals surface area contributed by atoms with Crippen LogP contribution >= 0.6 is 0 Å². The van der Waals surface area contributed by atoms with E-state index in [9.17, 15) is 14.7 Å². The maximum absolute atomic E-state index is 12.2. The highest BCUT2D eigenvalue weighted by atomic mass is 16.4. The fourth-order valence-corrected chi connectivity index (χ4v) is 2.33. The van der Waals surface area contributed by atoms with Gasteiger partial charge in [0.05, 0.1) is 0 Å². The van der Waals surface area contributed by atoms with Crippen LogP contribution in [0.25, 0.3) is 0 Å². The number of amides is 2. The molecule has 0 aliphatic heterocycles. The van der Waals surface area contributed by atoms with E-state index in [1.807, 2.05) is 6.92 Å². The van der Waals surface area contributed by atoms with Crippen LogP contribution in [0, 0.1) is 5.92 Å². The third-order valence-electron chi connectivity index (χ3n) is 3.85. The van der Waals surface area contributed by atoms with Crippen LogP contribution in [-0.4, -0.2) is 40.2 Å². The fourth-order valence-electron chi connectivity index (χ4n) is 2.33. The first kappa shape index (κ1) is 15.2. The Morgan fingerprint density at radius 3 is 2.62 bits per heavy atom. The minimum Gasteiger partial charge on any atom is -0.507 e. The lowest BCUT2D eigenvalue weighted by Crippen LogP contribution is -2.39. The molecule has 1 fully saturated rings. The summed E-state index contributed by atoms with van der Waals surface area (Å²) in [6.45, 7) is 3.25. The Bertz CT molecular complexity index is 540. The van der Waals surface area contributed by atoms with E-state index in [1.54, 1.807) is 4.90 Å². The first-order valence-corrected chi connectivity index (χ1v) is 7.13. The Balaban J connectivity index is 2.03. The van der Waals surface area contributed by atoms with Crippen molar-refractivity contribution in [3.63, 3.8) is 0 Å². The van der Waals surface area contributed by atoms with E-state index < -0.39 is 5.97 Å². The molecule has 1 saturated carbocycles. The predicted molar refractivity (Wildman–Crippen MR) is 78.7 cm³/mol. The lowest BCUT2D eigenvalue weighted by Gasteiger charge is -2.31. The van der Waals surface area contributed by atoms with Crippen LogP contribution in [0.3, 0.4) is 0 Å². The molecule has 6 nitrogen and oxygen atoms in total. The van der Waals surface area contributed by atoms with Gasteiger partial charge in [0.2, 0.25) is 0 Å². The Morgan fingerprint density at radius 2 is 2.10 bits per heavy atom. The molecule has 21 heavy (non-hydrogen) atoms. The molecular weight excluding hydrogens is 272 g/mol. The van der Waals surface area contributed by atoms with Crippen molar-refractivity contribution in [2.75, 3.05) is 18.4 Å². The Kier molecular flexibility index (Phi) is 4.67. The summed E-state index contributed by atoms with van der Waals surface area (Å²) in [7, 11) is 0. The second kappa shape index (κ2) is 6.47. The fraction of sp³-hybridized carbons (Fsp3) is 0.467. The zero-order chi connectivity index (χ0) is 15.4. The van der Waals surface area contributed by atoms with E-state index in [2.05, 4.69) is 5.32 Å². The maximum Gasteiger partial charge on any atom is 0.339 e. The van der Waals surface area contributed by atoms with Gasteiger partial charge >= 0.3 is 12.0 Å². The minimum atomic E-state index is -1.23. The molecule has 0 spiro atoms. The second-order valence-corrected chi connectivity index (χ2v) is 5.30. The molecule has 0 radical (unpaired) electrons. The number of rotatable bonds is 5. The molecule has 1 aromatic carbocycles. The normalized spacial score (nSPS) is 14.3. The third kappa shape index (κ3) is 3.65. The highest BCUT2D eigenvalue weighted by Gasteiger charge is 2.23. The van der Waals surface area contributed by atoms with Gasteiger partial charge in [-0.05, 0) is 43.9 Å². The van der Waals surface area contributed by atoms with Gasteiger partial charge in [0.25, 0.3) is 0 Å². The summed E-state index contributed by atoms with van der Waals surface area (Å²) in [6, 6.07) is 3.76. The molecule has 1 aromatic rings. The molecule has 0 unspecified atom stereocenters. The van der Waals surface area contributed by atoms with Gasteiger partial charge < -0.3 is 20.4 Å². The van der Waals surface area contributed by atoms with Crippen molar-refractivity contribution < 1.29 is 19.8 Å². The van der Waals surface area contributed by atoms with Crippen molar-refractivity contribution in [1.29, 1.82) is 0 Å². The average Bonchev–Trinajstić information content (AvgIpc) is 2.39. The smallest absolute Gasteiger partial charge is 0.339 e. The van der Waals surface area contributed by atoms with E-state index in [4.69, 9.17) is 5.11 Å². The van der Waals surface area contributed by atoms with Gasteiger partial charge in [0.15, 0.2) is 0 Å².